The van der Waals surface area contributed by atoms with Gasteiger partial charge in [-0.3, -0.25) is 4.98 Å². The van der Waals surface area contributed by atoms with E-state index in [1.807, 2.05) is 42.5 Å². The van der Waals surface area contributed by atoms with E-state index in [-0.39, 0.29) is 0 Å². The fraction of sp³-hybridized carbons (Fsp3) is 0.158. The molecule has 6 nitrogen and oxygen atoms in total. The number of anilines is 2. The molecule has 0 spiro atoms. The fourth-order valence-corrected chi connectivity index (χ4v) is 2.98. The first-order valence-electron chi connectivity index (χ1n) is 8.36. The fourth-order valence-electron chi connectivity index (χ4n) is 2.98. The Kier molecular flexibility index (Phi) is 3.19. The summed E-state index contributed by atoms with van der Waals surface area (Å²) >= 11 is 0. The van der Waals surface area contributed by atoms with Gasteiger partial charge in [-0.15, -0.1) is 0 Å². The van der Waals surface area contributed by atoms with Gasteiger partial charge in [-0.1, -0.05) is 18.2 Å². The maximum atomic E-state index is 4.77. The van der Waals surface area contributed by atoms with Gasteiger partial charge in [0.1, 0.15) is 11.3 Å². The summed E-state index contributed by atoms with van der Waals surface area (Å²) in [6.45, 7) is 0. The van der Waals surface area contributed by atoms with Crippen LogP contribution in [0, 0.1) is 0 Å². The lowest BCUT2D eigenvalue weighted by molar-refractivity contribution is 0.766. The number of rotatable bonds is 4. The van der Waals surface area contributed by atoms with Crippen molar-refractivity contribution in [3.63, 3.8) is 0 Å². The van der Waals surface area contributed by atoms with Gasteiger partial charge in [-0.2, -0.15) is 4.98 Å². The van der Waals surface area contributed by atoms with Gasteiger partial charge >= 0.3 is 0 Å². The van der Waals surface area contributed by atoms with Crippen LogP contribution in [0.1, 0.15) is 18.9 Å². The largest absolute Gasteiger partial charge is 0.324 e. The summed E-state index contributed by atoms with van der Waals surface area (Å²) in [7, 11) is 0. The highest BCUT2D eigenvalue weighted by atomic mass is 15.2. The van der Waals surface area contributed by atoms with E-state index >= 15 is 0 Å². The van der Waals surface area contributed by atoms with Crippen LogP contribution in [-0.4, -0.2) is 24.5 Å². The lowest BCUT2D eigenvalue weighted by Crippen LogP contribution is -2.01. The molecular weight excluding hydrogens is 312 g/mol. The Balaban J connectivity index is 1.62. The topological polar surface area (TPSA) is 68.5 Å². The Morgan fingerprint density at radius 3 is 2.52 bits per heavy atom. The van der Waals surface area contributed by atoms with E-state index in [4.69, 9.17) is 9.97 Å². The predicted octanol–water partition coefficient (Wildman–Crippen LogP) is 3.97. The van der Waals surface area contributed by atoms with Crippen LogP contribution < -0.4 is 5.32 Å². The summed E-state index contributed by atoms with van der Waals surface area (Å²) in [6, 6.07) is 14.4. The van der Waals surface area contributed by atoms with Gasteiger partial charge < -0.3 is 9.88 Å². The number of fused-ring (bicyclic) bond motifs is 1. The zero-order valence-corrected chi connectivity index (χ0v) is 13.5. The number of nitrogens with zero attached hydrogens (tertiary/aromatic N) is 5. The number of pyridine rings is 1. The number of nitrogens with one attached hydrogen (secondary N) is 1. The molecule has 0 radical (unpaired) electrons. The minimum absolute atomic E-state index is 0.465. The smallest absolute Gasteiger partial charge is 0.229 e. The summed E-state index contributed by atoms with van der Waals surface area (Å²) in [6.07, 6.45) is 7.70. The van der Waals surface area contributed by atoms with Crippen LogP contribution in [0.4, 0.5) is 11.6 Å². The minimum Gasteiger partial charge on any atom is -0.324 e. The van der Waals surface area contributed by atoms with E-state index in [2.05, 4.69) is 19.9 Å². The molecule has 0 bridgehead atoms. The molecule has 0 aliphatic heterocycles. The van der Waals surface area contributed by atoms with Crippen LogP contribution >= 0.6 is 0 Å². The summed E-state index contributed by atoms with van der Waals surface area (Å²) in [4.78, 5) is 18.0. The molecule has 25 heavy (non-hydrogen) atoms. The first kappa shape index (κ1) is 14.1. The standard InChI is InChI=1S/C19H16N6/c1-2-4-14(5-3-1)22-19-21-12-16-18(24-19)25(15-6-7-15)17(23-16)13-8-10-20-11-9-13/h1-5,8-12,15H,6-7H2,(H,21,22,24). The Hall–Kier alpha value is -3.28. The molecule has 0 unspecified atom stereocenters. The Morgan fingerprint density at radius 1 is 0.960 bits per heavy atom. The normalized spacial score (nSPS) is 13.9. The third-order valence-electron chi connectivity index (χ3n) is 4.31. The summed E-state index contributed by atoms with van der Waals surface area (Å²) in [5.74, 6) is 1.52. The SMILES string of the molecule is c1ccc(Nc2ncc3nc(-c4ccncc4)n(C4CC4)c3n2)cc1. The third-order valence-corrected chi connectivity index (χ3v) is 4.31. The number of hydrogen-bond acceptors (Lipinski definition) is 5. The van der Waals surface area contributed by atoms with Crippen LogP contribution in [0.25, 0.3) is 22.6 Å². The molecule has 0 amide bonds. The number of aromatic nitrogens is 5. The van der Waals surface area contributed by atoms with Gasteiger partial charge in [0.2, 0.25) is 5.95 Å². The predicted molar refractivity (Wildman–Crippen MR) is 96.5 cm³/mol. The molecule has 3 heterocycles. The second-order valence-corrected chi connectivity index (χ2v) is 6.17. The van der Waals surface area contributed by atoms with Gasteiger partial charge in [0.15, 0.2) is 5.65 Å². The Labute approximate surface area is 144 Å². The van der Waals surface area contributed by atoms with Gasteiger partial charge in [0, 0.05) is 29.7 Å². The van der Waals surface area contributed by atoms with Crippen molar-refractivity contribution in [3.05, 3.63) is 61.1 Å². The molecule has 5 rings (SSSR count). The highest BCUT2D eigenvalue weighted by molar-refractivity contribution is 5.78. The van der Waals surface area contributed by atoms with E-state index in [1.165, 1.54) is 0 Å². The van der Waals surface area contributed by atoms with Crippen LogP contribution in [0.3, 0.4) is 0 Å². The van der Waals surface area contributed by atoms with E-state index in [0.29, 0.717) is 12.0 Å². The van der Waals surface area contributed by atoms with E-state index in [1.54, 1.807) is 18.6 Å². The number of hydrogen-bond donors (Lipinski definition) is 1. The van der Waals surface area contributed by atoms with E-state index in [9.17, 15) is 0 Å². The summed E-state index contributed by atoms with van der Waals surface area (Å²) in [5, 5.41) is 3.26. The number of benzene rings is 1. The second kappa shape index (κ2) is 5.66. The average molecular weight is 328 g/mol. The zero-order chi connectivity index (χ0) is 16.6. The van der Waals surface area contributed by atoms with Crippen molar-refractivity contribution < 1.29 is 0 Å². The highest BCUT2D eigenvalue weighted by Gasteiger charge is 2.29. The van der Waals surface area contributed by atoms with Crippen LogP contribution in [0.5, 0.6) is 0 Å². The van der Waals surface area contributed by atoms with Crippen LogP contribution in [-0.2, 0) is 0 Å². The van der Waals surface area contributed by atoms with Crippen molar-refractivity contribution in [3.8, 4) is 11.4 Å². The second-order valence-electron chi connectivity index (χ2n) is 6.17. The van der Waals surface area contributed by atoms with E-state index < -0.39 is 0 Å². The van der Waals surface area contributed by atoms with Crippen molar-refractivity contribution in [2.24, 2.45) is 0 Å². The molecule has 1 aliphatic rings. The molecule has 1 aromatic carbocycles. The molecular formula is C19H16N6. The van der Waals surface area contributed by atoms with Crippen molar-refractivity contribution in [2.45, 2.75) is 18.9 Å². The molecule has 1 N–H and O–H groups in total. The number of imidazole rings is 1. The van der Waals surface area contributed by atoms with Crippen LogP contribution in [0.2, 0.25) is 0 Å². The Morgan fingerprint density at radius 2 is 1.76 bits per heavy atom. The van der Waals surface area contributed by atoms with Gasteiger partial charge in [0.05, 0.1) is 6.20 Å². The zero-order valence-electron chi connectivity index (χ0n) is 13.5. The quantitative estimate of drug-likeness (QED) is 0.614. The summed E-state index contributed by atoms with van der Waals surface area (Å²) in [5.41, 5.74) is 3.71. The maximum absolute atomic E-state index is 4.77. The molecule has 122 valence electrons. The van der Waals surface area contributed by atoms with Crippen molar-refractivity contribution >= 4 is 22.8 Å². The van der Waals surface area contributed by atoms with Gasteiger partial charge in [-0.25, -0.2) is 9.97 Å². The lowest BCUT2D eigenvalue weighted by atomic mass is 10.2. The third kappa shape index (κ3) is 2.61. The Bertz CT molecular complexity index is 1020. The van der Waals surface area contributed by atoms with Gasteiger partial charge in [-0.05, 0) is 37.1 Å². The van der Waals surface area contributed by atoms with Gasteiger partial charge in [0.25, 0.3) is 0 Å². The van der Waals surface area contributed by atoms with E-state index in [0.717, 1.165) is 41.1 Å². The molecule has 0 atom stereocenters. The molecule has 1 fully saturated rings. The maximum Gasteiger partial charge on any atom is 0.229 e. The molecule has 1 aliphatic carbocycles. The first-order valence-corrected chi connectivity index (χ1v) is 8.36. The molecule has 4 aromatic rings. The first-order chi connectivity index (χ1) is 12.4. The average Bonchev–Trinajstić information content (AvgIpc) is 3.43. The minimum atomic E-state index is 0.465. The summed E-state index contributed by atoms with van der Waals surface area (Å²) < 4.78 is 2.24. The number of para-hydroxylation sites is 1. The van der Waals surface area contributed by atoms with Crippen molar-refractivity contribution in [2.75, 3.05) is 5.32 Å². The molecule has 1 saturated carbocycles. The lowest BCUT2D eigenvalue weighted by Gasteiger charge is -2.08. The van der Waals surface area contributed by atoms with Crippen molar-refractivity contribution in [1.82, 2.24) is 24.5 Å². The highest BCUT2D eigenvalue weighted by Crippen LogP contribution is 2.40. The van der Waals surface area contributed by atoms with Crippen molar-refractivity contribution in [1.29, 1.82) is 0 Å². The molecule has 0 saturated heterocycles. The molecule has 3 aromatic heterocycles. The molecule has 6 heteroatoms. The van der Waals surface area contributed by atoms with Crippen LogP contribution in [0.15, 0.2) is 61.1 Å². The monoisotopic (exact) mass is 328 g/mol.